The molecule has 0 radical (unpaired) electrons. The number of nitrogens with zero attached hydrogens (tertiary/aromatic N) is 2. The van der Waals surface area contributed by atoms with E-state index in [-0.39, 0.29) is 53.1 Å². The van der Waals surface area contributed by atoms with Crippen LogP contribution in [0.5, 0.6) is 0 Å². The molecule has 2 aliphatic rings. The van der Waals surface area contributed by atoms with Crippen LogP contribution in [0.15, 0.2) is 41.3 Å². The lowest BCUT2D eigenvalue weighted by Crippen LogP contribution is -2.54. The highest BCUT2D eigenvalue weighted by Gasteiger charge is 2.71. The molecule has 0 amide bonds. The van der Waals surface area contributed by atoms with Gasteiger partial charge in [0, 0.05) is 48.6 Å². The molecule has 1 aliphatic heterocycles. The van der Waals surface area contributed by atoms with Gasteiger partial charge >= 0.3 is 12.4 Å². The van der Waals surface area contributed by atoms with Crippen molar-refractivity contribution in [2.45, 2.75) is 44.3 Å². The second-order valence-corrected chi connectivity index (χ2v) is 11.8. The summed E-state index contributed by atoms with van der Waals surface area (Å²) in [5.74, 6) is 4.49. The van der Waals surface area contributed by atoms with E-state index in [1.807, 2.05) is 0 Å². The molecule has 3 rings (SSSR count). The normalized spacial score (nSPS) is 18.6. The number of hydrogen-bond acceptors (Lipinski definition) is 6. The Kier molecular flexibility index (Phi) is 8.94. The zero-order valence-electron chi connectivity index (χ0n) is 20.8. The van der Waals surface area contributed by atoms with Crippen molar-refractivity contribution in [2.24, 2.45) is 5.92 Å². The summed E-state index contributed by atoms with van der Waals surface area (Å²) in [6.45, 7) is 3.24. The lowest BCUT2D eigenvalue weighted by molar-refractivity contribution is -0.376. The number of sulfonamides is 1. The van der Waals surface area contributed by atoms with Gasteiger partial charge in [0.2, 0.25) is 10.0 Å². The molecule has 1 aromatic rings. The molecule has 14 heteroatoms. The smallest absolute Gasteiger partial charge is 0.380 e. The summed E-state index contributed by atoms with van der Waals surface area (Å²) in [5.41, 5.74) is -6.81. The van der Waals surface area contributed by atoms with Crippen molar-refractivity contribution in [1.82, 2.24) is 4.31 Å². The summed E-state index contributed by atoms with van der Waals surface area (Å²) >= 11 is 5.17. The Hall–Kier alpha value is -2.44. The number of thiocarbonyl (C=S) groups is 1. The van der Waals surface area contributed by atoms with Crippen LogP contribution in [-0.2, 0) is 15.6 Å². The zero-order valence-corrected chi connectivity index (χ0v) is 22.5. The molecule has 0 saturated carbocycles. The van der Waals surface area contributed by atoms with Crippen molar-refractivity contribution in [3.8, 4) is 11.8 Å². The number of anilines is 1. The molecular weight excluding hydrogens is 570 g/mol. The predicted octanol–water partition coefficient (Wildman–Crippen LogP) is 4.03. The first-order valence-corrected chi connectivity index (χ1v) is 13.6. The first kappa shape index (κ1) is 31.1. The Morgan fingerprint density at radius 2 is 1.62 bits per heavy atom. The number of aliphatic hydroxyl groups excluding tert-OH is 1. The van der Waals surface area contributed by atoms with E-state index < -0.39 is 39.6 Å². The molecule has 2 N–H and O–H groups in total. The average molecular weight is 597 g/mol. The molecule has 6 nitrogen and oxygen atoms in total. The van der Waals surface area contributed by atoms with Crippen LogP contribution < -0.4 is 4.90 Å². The van der Waals surface area contributed by atoms with Gasteiger partial charge < -0.3 is 15.1 Å². The third-order valence-corrected chi connectivity index (χ3v) is 8.88. The number of rotatable bonds is 5. The van der Waals surface area contributed by atoms with Crippen LogP contribution in [0, 0.1) is 17.8 Å². The summed E-state index contributed by atoms with van der Waals surface area (Å²) in [4.78, 5) is 1.83. The first-order valence-electron chi connectivity index (χ1n) is 11.8. The molecule has 1 unspecified atom stereocenters. The summed E-state index contributed by atoms with van der Waals surface area (Å²) in [7, 11) is -3.91. The van der Waals surface area contributed by atoms with E-state index in [0.717, 1.165) is 6.07 Å². The Morgan fingerprint density at radius 1 is 1.03 bits per heavy atom. The standard InChI is InChI=1S/C25H26F6N2O4S2/c1-16(2)20(34)10-7-17-15-18(23(35,24(26,27)28)25(29,30)31)8-9-19(17)32-11-13-33(14-12-32)39(36,37)22-6-4-3-5-21(22)38/h3-4,6,8-9,15-16,20,34-35H,5,11-14H2,1-2H3. The van der Waals surface area contributed by atoms with Gasteiger partial charge in [-0.15, -0.1) is 0 Å². The second kappa shape index (κ2) is 11.2. The minimum atomic E-state index is -6.08. The van der Waals surface area contributed by atoms with Crippen LogP contribution in [0.2, 0.25) is 0 Å². The molecule has 1 aromatic carbocycles. The highest BCUT2D eigenvalue weighted by Crippen LogP contribution is 2.50. The van der Waals surface area contributed by atoms with Gasteiger partial charge in [-0.1, -0.05) is 56.1 Å². The van der Waals surface area contributed by atoms with Gasteiger partial charge in [0.05, 0.1) is 10.6 Å². The Labute approximate surface area is 227 Å². The van der Waals surface area contributed by atoms with E-state index in [0.29, 0.717) is 18.6 Å². The van der Waals surface area contributed by atoms with Gasteiger partial charge in [0.15, 0.2) is 0 Å². The molecule has 0 bridgehead atoms. The third-order valence-electron chi connectivity index (χ3n) is 6.38. The van der Waals surface area contributed by atoms with Crippen LogP contribution in [0.3, 0.4) is 0 Å². The molecule has 0 aromatic heterocycles. The van der Waals surface area contributed by atoms with E-state index in [1.54, 1.807) is 30.9 Å². The number of allylic oxidation sites excluding steroid dienone is 4. The van der Waals surface area contributed by atoms with Gasteiger partial charge in [-0.2, -0.15) is 30.6 Å². The highest BCUT2D eigenvalue weighted by molar-refractivity contribution is 7.96. The fourth-order valence-electron chi connectivity index (χ4n) is 4.01. The molecule has 1 fully saturated rings. The van der Waals surface area contributed by atoms with E-state index in [2.05, 4.69) is 11.8 Å². The minimum absolute atomic E-state index is 0.00520. The van der Waals surface area contributed by atoms with E-state index in [4.69, 9.17) is 12.2 Å². The SMILES string of the molecule is CC(C)C(O)C#Cc1cc(C(O)(C(F)(F)F)C(F)(F)F)ccc1N1CCN(S(=O)(=O)C2=CC=CCC2=S)CC1. The molecular formula is C25H26F6N2O4S2. The molecule has 0 spiro atoms. The van der Waals surface area contributed by atoms with Gasteiger partial charge in [-0.05, 0) is 24.1 Å². The van der Waals surface area contributed by atoms with Crippen LogP contribution in [0.25, 0.3) is 0 Å². The van der Waals surface area contributed by atoms with Crippen molar-refractivity contribution in [2.75, 3.05) is 31.1 Å². The predicted molar refractivity (Wildman–Crippen MR) is 137 cm³/mol. The minimum Gasteiger partial charge on any atom is -0.380 e. The van der Waals surface area contributed by atoms with Crippen molar-refractivity contribution in [1.29, 1.82) is 0 Å². The average Bonchev–Trinajstić information content (AvgIpc) is 2.85. The van der Waals surface area contributed by atoms with Crippen LogP contribution in [-0.4, -0.2) is 72.4 Å². The summed E-state index contributed by atoms with van der Waals surface area (Å²) in [6.07, 6.45) is -8.38. The van der Waals surface area contributed by atoms with Crippen molar-refractivity contribution in [3.63, 3.8) is 0 Å². The Balaban J connectivity index is 1.99. The molecule has 214 valence electrons. The second-order valence-electron chi connectivity index (χ2n) is 9.37. The van der Waals surface area contributed by atoms with E-state index in [9.17, 15) is 45.0 Å². The highest BCUT2D eigenvalue weighted by atomic mass is 32.2. The van der Waals surface area contributed by atoms with Crippen LogP contribution >= 0.6 is 12.2 Å². The number of halogens is 6. The summed E-state index contributed by atoms with van der Waals surface area (Å²) in [5, 5.41) is 19.9. The largest absolute Gasteiger partial charge is 0.430 e. The number of aliphatic hydroxyl groups is 2. The van der Waals surface area contributed by atoms with Crippen molar-refractivity contribution < 1.29 is 45.0 Å². The monoisotopic (exact) mass is 596 g/mol. The molecule has 1 aliphatic carbocycles. The lowest BCUT2D eigenvalue weighted by atomic mass is 9.90. The zero-order chi connectivity index (χ0) is 29.4. The lowest BCUT2D eigenvalue weighted by Gasteiger charge is -2.37. The maximum atomic E-state index is 13.5. The summed E-state index contributed by atoms with van der Waals surface area (Å²) < 4.78 is 108. The van der Waals surface area contributed by atoms with E-state index >= 15 is 0 Å². The molecule has 1 atom stereocenters. The molecule has 1 heterocycles. The Bertz CT molecular complexity index is 1320. The third kappa shape index (κ3) is 6.17. The topological polar surface area (TPSA) is 81.1 Å². The van der Waals surface area contributed by atoms with Gasteiger partial charge in [0.1, 0.15) is 6.10 Å². The molecule has 1 saturated heterocycles. The van der Waals surface area contributed by atoms with Crippen molar-refractivity contribution >= 4 is 32.8 Å². The quantitative estimate of drug-likeness (QED) is 0.304. The fourth-order valence-corrected chi connectivity index (χ4v) is 6.03. The molecule has 39 heavy (non-hydrogen) atoms. The maximum Gasteiger partial charge on any atom is 0.430 e. The van der Waals surface area contributed by atoms with E-state index in [1.165, 1.54) is 10.4 Å². The van der Waals surface area contributed by atoms with Crippen LogP contribution in [0.4, 0.5) is 32.0 Å². The number of alkyl halides is 6. The van der Waals surface area contributed by atoms with Gasteiger partial charge in [-0.3, -0.25) is 0 Å². The van der Waals surface area contributed by atoms with Crippen LogP contribution in [0.1, 0.15) is 31.4 Å². The first-order chi connectivity index (χ1) is 17.9. The van der Waals surface area contributed by atoms with Gasteiger partial charge in [0.25, 0.3) is 5.60 Å². The van der Waals surface area contributed by atoms with Gasteiger partial charge in [-0.25, -0.2) is 8.42 Å². The number of benzene rings is 1. The number of hydrogen-bond donors (Lipinski definition) is 2. The van der Waals surface area contributed by atoms with Crippen molar-refractivity contribution in [3.05, 3.63) is 52.5 Å². The maximum absolute atomic E-state index is 13.5. The Morgan fingerprint density at radius 3 is 2.13 bits per heavy atom. The number of piperazine rings is 1. The fraction of sp³-hybridized carbons (Fsp3) is 0.480. The summed E-state index contributed by atoms with van der Waals surface area (Å²) in [6, 6.07) is 1.98.